The van der Waals surface area contributed by atoms with Crippen LogP contribution in [0.1, 0.15) is 84.5 Å². The van der Waals surface area contributed by atoms with Crippen LogP contribution in [0.15, 0.2) is 36.5 Å². The molecular formula is C22H38O3. The van der Waals surface area contributed by atoms with Gasteiger partial charge in [0.2, 0.25) is 0 Å². The Morgan fingerprint density at radius 2 is 1.40 bits per heavy atom. The van der Waals surface area contributed by atoms with Crippen molar-refractivity contribution in [3.63, 3.8) is 0 Å². The lowest BCUT2D eigenvalue weighted by atomic mass is 10.1. The summed E-state index contributed by atoms with van der Waals surface area (Å²) in [5, 5.41) is 8.87. The fourth-order valence-electron chi connectivity index (χ4n) is 2.49. The highest BCUT2D eigenvalue weighted by molar-refractivity contribution is 5.72. The molecule has 0 spiro atoms. The molecule has 0 saturated carbocycles. The average Bonchev–Trinajstić information content (AvgIpc) is 2.60. The summed E-state index contributed by atoms with van der Waals surface area (Å²) in [6, 6.07) is 0. The number of carbonyl (C=O) groups is 1. The minimum Gasteiger partial charge on any atom is -0.479 e. The molecule has 1 atom stereocenters. The molecule has 0 saturated heterocycles. The number of rotatable bonds is 17. The van der Waals surface area contributed by atoms with Gasteiger partial charge in [-0.05, 0) is 44.9 Å². The van der Waals surface area contributed by atoms with Crippen molar-refractivity contribution < 1.29 is 14.6 Å². The van der Waals surface area contributed by atoms with Crippen molar-refractivity contribution in [1.82, 2.24) is 0 Å². The Bertz CT molecular complexity index is 383. The van der Waals surface area contributed by atoms with Crippen LogP contribution < -0.4 is 0 Å². The molecule has 0 aliphatic carbocycles. The second-order valence-electron chi connectivity index (χ2n) is 6.31. The number of ether oxygens (including phenoxy) is 1. The van der Waals surface area contributed by atoms with Crippen molar-refractivity contribution in [3.05, 3.63) is 36.5 Å². The van der Waals surface area contributed by atoms with Gasteiger partial charge < -0.3 is 9.84 Å². The third kappa shape index (κ3) is 17.3. The molecule has 3 nitrogen and oxygen atoms in total. The minimum absolute atomic E-state index is 0.536. The predicted octanol–water partition coefficient (Wildman–Crippen LogP) is 6.46. The van der Waals surface area contributed by atoms with Crippen molar-refractivity contribution in [2.45, 2.75) is 90.6 Å². The number of hydrogen-bond donors (Lipinski definition) is 1. The highest BCUT2D eigenvalue weighted by Gasteiger charge is 2.14. The number of hydrogen-bond acceptors (Lipinski definition) is 2. The maximum absolute atomic E-state index is 10.8. The second-order valence-corrected chi connectivity index (χ2v) is 6.31. The summed E-state index contributed by atoms with van der Waals surface area (Å²) in [6.07, 6.45) is 24.8. The molecule has 0 radical (unpaired) electrons. The lowest BCUT2D eigenvalue weighted by Gasteiger charge is -2.10. The molecule has 0 bridgehead atoms. The number of carboxylic acids is 1. The average molecular weight is 351 g/mol. The smallest absolute Gasteiger partial charge is 0.332 e. The fourth-order valence-corrected chi connectivity index (χ4v) is 2.49. The predicted molar refractivity (Wildman–Crippen MR) is 107 cm³/mol. The summed E-state index contributed by atoms with van der Waals surface area (Å²) in [6.45, 7) is 4.56. The Morgan fingerprint density at radius 3 is 2.00 bits per heavy atom. The Kier molecular flexibility index (Phi) is 18.0. The first kappa shape index (κ1) is 23.6. The SMILES string of the molecule is CC/C=C\C/C=C\C/C=C\CCCCCCCCOC(CC)C(=O)O. The van der Waals surface area contributed by atoms with Gasteiger partial charge in [0.1, 0.15) is 0 Å². The molecular weight excluding hydrogens is 312 g/mol. The van der Waals surface area contributed by atoms with Gasteiger partial charge in [0.05, 0.1) is 0 Å². The number of unbranched alkanes of at least 4 members (excludes halogenated alkanes) is 6. The standard InChI is InChI=1S/C22H38O3/c1-3-5-6-7-8-9-10-11-12-13-14-15-16-17-18-19-20-25-21(4-2)22(23)24/h5-6,8-9,11-12,21H,3-4,7,10,13-20H2,1-2H3,(H,23,24)/b6-5-,9-8-,12-11-. The van der Waals surface area contributed by atoms with E-state index in [4.69, 9.17) is 9.84 Å². The highest BCUT2D eigenvalue weighted by Crippen LogP contribution is 2.09. The van der Waals surface area contributed by atoms with Crippen LogP contribution in [0, 0.1) is 0 Å². The molecule has 25 heavy (non-hydrogen) atoms. The molecule has 0 rings (SSSR count). The molecule has 0 aliphatic heterocycles. The Labute approximate surface area is 154 Å². The zero-order valence-electron chi connectivity index (χ0n) is 16.3. The largest absolute Gasteiger partial charge is 0.479 e. The van der Waals surface area contributed by atoms with E-state index < -0.39 is 12.1 Å². The second kappa shape index (κ2) is 19.0. The van der Waals surface area contributed by atoms with Crippen LogP contribution in [-0.4, -0.2) is 23.8 Å². The van der Waals surface area contributed by atoms with Gasteiger partial charge in [-0.2, -0.15) is 0 Å². The quantitative estimate of drug-likeness (QED) is 0.242. The van der Waals surface area contributed by atoms with E-state index >= 15 is 0 Å². The Morgan fingerprint density at radius 1 is 0.840 bits per heavy atom. The van der Waals surface area contributed by atoms with Crippen LogP contribution in [0.3, 0.4) is 0 Å². The first-order valence-corrected chi connectivity index (χ1v) is 10.0. The van der Waals surface area contributed by atoms with E-state index in [1.165, 1.54) is 32.1 Å². The van der Waals surface area contributed by atoms with Crippen LogP contribution in [0.2, 0.25) is 0 Å². The van der Waals surface area contributed by atoms with Crippen molar-refractivity contribution in [2.24, 2.45) is 0 Å². The molecule has 1 N–H and O–H groups in total. The molecule has 3 heteroatoms. The van der Waals surface area contributed by atoms with Gasteiger partial charge in [0.15, 0.2) is 6.10 Å². The Hall–Kier alpha value is -1.35. The fraction of sp³-hybridized carbons (Fsp3) is 0.682. The van der Waals surface area contributed by atoms with Crippen molar-refractivity contribution in [1.29, 1.82) is 0 Å². The Balaban J connectivity index is 3.32. The molecule has 0 aliphatic rings. The molecule has 1 unspecified atom stereocenters. The summed E-state index contributed by atoms with van der Waals surface area (Å²) in [4.78, 5) is 10.8. The molecule has 0 heterocycles. The summed E-state index contributed by atoms with van der Waals surface area (Å²) >= 11 is 0. The number of carboxylic acid groups (broad SMARTS) is 1. The topological polar surface area (TPSA) is 46.5 Å². The zero-order chi connectivity index (χ0) is 18.6. The van der Waals surface area contributed by atoms with Gasteiger partial charge in [-0.15, -0.1) is 0 Å². The van der Waals surface area contributed by atoms with Crippen LogP contribution in [0.4, 0.5) is 0 Å². The molecule has 0 amide bonds. The lowest BCUT2D eigenvalue weighted by Crippen LogP contribution is -2.23. The first-order valence-electron chi connectivity index (χ1n) is 10.0. The van der Waals surface area contributed by atoms with E-state index in [-0.39, 0.29) is 0 Å². The van der Waals surface area contributed by atoms with Crippen molar-refractivity contribution in [2.75, 3.05) is 6.61 Å². The molecule has 0 aromatic heterocycles. The third-order valence-corrected chi connectivity index (χ3v) is 4.01. The van der Waals surface area contributed by atoms with E-state index in [0.29, 0.717) is 13.0 Å². The minimum atomic E-state index is -0.848. The number of allylic oxidation sites excluding steroid dienone is 6. The van der Waals surface area contributed by atoms with Crippen molar-refractivity contribution in [3.8, 4) is 0 Å². The van der Waals surface area contributed by atoms with Gasteiger partial charge in [0.25, 0.3) is 0 Å². The van der Waals surface area contributed by atoms with Crippen molar-refractivity contribution >= 4 is 5.97 Å². The molecule has 0 aromatic rings. The maximum atomic E-state index is 10.8. The third-order valence-electron chi connectivity index (χ3n) is 4.01. The summed E-state index contributed by atoms with van der Waals surface area (Å²) in [5.41, 5.74) is 0. The molecule has 0 fully saturated rings. The molecule has 144 valence electrons. The first-order chi connectivity index (χ1) is 12.2. The van der Waals surface area contributed by atoms with E-state index in [1.54, 1.807) is 0 Å². The van der Waals surface area contributed by atoms with E-state index in [2.05, 4.69) is 43.4 Å². The summed E-state index contributed by atoms with van der Waals surface area (Å²) < 4.78 is 5.35. The van der Waals surface area contributed by atoms with Crippen LogP contribution in [0.25, 0.3) is 0 Å². The monoisotopic (exact) mass is 350 g/mol. The molecule has 0 aromatic carbocycles. The summed E-state index contributed by atoms with van der Waals surface area (Å²) in [5.74, 6) is -0.848. The summed E-state index contributed by atoms with van der Waals surface area (Å²) in [7, 11) is 0. The van der Waals surface area contributed by atoms with Crippen LogP contribution >= 0.6 is 0 Å². The van der Waals surface area contributed by atoms with E-state index in [0.717, 1.165) is 32.1 Å². The van der Waals surface area contributed by atoms with Gasteiger partial charge in [-0.25, -0.2) is 4.79 Å². The normalized spacial score (nSPS) is 13.4. The van der Waals surface area contributed by atoms with Crippen LogP contribution in [0.5, 0.6) is 0 Å². The van der Waals surface area contributed by atoms with Gasteiger partial charge >= 0.3 is 5.97 Å². The van der Waals surface area contributed by atoms with Crippen LogP contribution in [-0.2, 0) is 9.53 Å². The highest BCUT2D eigenvalue weighted by atomic mass is 16.5. The maximum Gasteiger partial charge on any atom is 0.332 e. The lowest BCUT2D eigenvalue weighted by molar-refractivity contribution is -0.150. The zero-order valence-corrected chi connectivity index (χ0v) is 16.3. The van der Waals surface area contributed by atoms with Gasteiger partial charge in [0, 0.05) is 6.61 Å². The van der Waals surface area contributed by atoms with E-state index in [9.17, 15) is 4.79 Å². The van der Waals surface area contributed by atoms with Gasteiger partial charge in [-0.3, -0.25) is 0 Å². The number of aliphatic carboxylic acids is 1. The van der Waals surface area contributed by atoms with E-state index in [1.807, 2.05) is 6.92 Å². The van der Waals surface area contributed by atoms with Gasteiger partial charge in [-0.1, -0.05) is 76.0 Å².